The number of rotatable bonds is 6. The van der Waals surface area contributed by atoms with Crippen LogP contribution in [-0.4, -0.2) is 14.4 Å². The summed E-state index contributed by atoms with van der Waals surface area (Å²) in [5.74, 6) is 3.27. The standard InChI is InChI=1S/C12H24OSi/c1-7-9-10-11(3)12(8-2)13-14(4,5)6/h2,11-12H,7,9-10H2,1,3-6H3. The van der Waals surface area contributed by atoms with Gasteiger partial charge in [-0.2, -0.15) is 0 Å². The Kier molecular flexibility index (Phi) is 6.15. The van der Waals surface area contributed by atoms with Crippen molar-refractivity contribution in [2.24, 2.45) is 5.92 Å². The molecule has 2 unspecified atom stereocenters. The molecule has 14 heavy (non-hydrogen) atoms. The molecule has 0 aliphatic rings. The van der Waals surface area contributed by atoms with E-state index in [0.717, 1.165) is 0 Å². The predicted octanol–water partition coefficient (Wildman–Crippen LogP) is 3.67. The third kappa shape index (κ3) is 6.23. The molecule has 2 heteroatoms. The minimum atomic E-state index is -1.49. The molecule has 2 atom stereocenters. The average molecular weight is 212 g/mol. The number of unbranched alkanes of at least 4 members (excludes halogenated alkanes) is 1. The minimum Gasteiger partial charge on any atom is -0.404 e. The second kappa shape index (κ2) is 6.26. The molecular formula is C12H24OSi. The lowest BCUT2D eigenvalue weighted by Crippen LogP contribution is -2.34. The fraction of sp³-hybridized carbons (Fsp3) is 0.833. The molecule has 0 aromatic heterocycles. The van der Waals surface area contributed by atoms with Crippen molar-refractivity contribution in [2.45, 2.75) is 58.9 Å². The maximum atomic E-state index is 5.95. The summed E-state index contributed by atoms with van der Waals surface area (Å²) in [6.45, 7) is 11.0. The van der Waals surface area contributed by atoms with E-state index in [1.807, 2.05) is 0 Å². The quantitative estimate of drug-likeness (QED) is 0.482. The summed E-state index contributed by atoms with van der Waals surface area (Å²) in [6, 6.07) is 0. The summed E-state index contributed by atoms with van der Waals surface area (Å²) in [5, 5.41) is 0. The molecule has 0 rings (SSSR count). The molecular weight excluding hydrogens is 188 g/mol. The van der Waals surface area contributed by atoms with Crippen LogP contribution in [0.2, 0.25) is 19.6 Å². The molecule has 0 radical (unpaired) electrons. The van der Waals surface area contributed by atoms with Gasteiger partial charge in [0.2, 0.25) is 0 Å². The highest BCUT2D eigenvalue weighted by Gasteiger charge is 2.23. The van der Waals surface area contributed by atoms with Gasteiger partial charge >= 0.3 is 0 Å². The Hall–Kier alpha value is -0.263. The van der Waals surface area contributed by atoms with Gasteiger partial charge in [0, 0.05) is 0 Å². The first-order valence-electron chi connectivity index (χ1n) is 5.54. The van der Waals surface area contributed by atoms with Gasteiger partial charge in [0.1, 0.15) is 6.10 Å². The van der Waals surface area contributed by atoms with E-state index in [1.165, 1.54) is 19.3 Å². The van der Waals surface area contributed by atoms with Crippen LogP contribution in [0.15, 0.2) is 0 Å². The van der Waals surface area contributed by atoms with Crippen molar-refractivity contribution in [3.05, 3.63) is 0 Å². The smallest absolute Gasteiger partial charge is 0.185 e. The first-order chi connectivity index (χ1) is 6.40. The van der Waals surface area contributed by atoms with Gasteiger partial charge in [-0.1, -0.05) is 32.6 Å². The monoisotopic (exact) mass is 212 g/mol. The van der Waals surface area contributed by atoms with Crippen molar-refractivity contribution in [3.8, 4) is 12.3 Å². The van der Waals surface area contributed by atoms with Crippen molar-refractivity contribution in [1.82, 2.24) is 0 Å². The third-order valence-electron chi connectivity index (χ3n) is 2.17. The lowest BCUT2D eigenvalue weighted by Gasteiger charge is -2.27. The van der Waals surface area contributed by atoms with Gasteiger partial charge < -0.3 is 4.43 Å². The zero-order valence-electron chi connectivity index (χ0n) is 10.3. The second-order valence-corrected chi connectivity index (χ2v) is 9.40. The van der Waals surface area contributed by atoms with E-state index in [9.17, 15) is 0 Å². The SMILES string of the molecule is C#CC(O[Si](C)(C)C)C(C)CCCC. The molecule has 0 fully saturated rings. The molecule has 82 valence electrons. The Bertz CT molecular complexity index is 187. The van der Waals surface area contributed by atoms with E-state index in [1.54, 1.807) is 0 Å². The summed E-state index contributed by atoms with van der Waals surface area (Å²) in [4.78, 5) is 0. The van der Waals surface area contributed by atoms with Crippen LogP contribution in [0.1, 0.15) is 33.1 Å². The fourth-order valence-electron chi connectivity index (χ4n) is 1.37. The average Bonchev–Trinajstić information content (AvgIpc) is 2.08. The molecule has 0 amide bonds. The van der Waals surface area contributed by atoms with Crippen LogP contribution in [-0.2, 0) is 4.43 Å². The lowest BCUT2D eigenvalue weighted by atomic mass is 9.99. The normalized spacial score (nSPS) is 16.0. The zero-order chi connectivity index (χ0) is 11.2. The highest BCUT2D eigenvalue weighted by Crippen LogP contribution is 2.18. The molecule has 0 saturated carbocycles. The largest absolute Gasteiger partial charge is 0.404 e. The summed E-state index contributed by atoms with van der Waals surface area (Å²) in [7, 11) is -1.49. The molecule has 0 spiro atoms. The lowest BCUT2D eigenvalue weighted by molar-refractivity contribution is 0.181. The molecule has 0 N–H and O–H groups in total. The van der Waals surface area contributed by atoms with Crippen molar-refractivity contribution < 1.29 is 4.43 Å². The van der Waals surface area contributed by atoms with Crippen molar-refractivity contribution in [2.75, 3.05) is 0 Å². The van der Waals surface area contributed by atoms with Crippen molar-refractivity contribution in [1.29, 1.82) is 0 Å². The first kappa shape index (κ1) is 13.7. The Labute approximate surface area is 90.4 Å². The third-order valence-corrected chi connectivity index (χ3v) is 3.14. The van der Waals surface area contributed by atoms with Gasteiger partial charge in [0.25, 0.3) is 0 Å². The van der Waals surface area contributed by atoms with Crippen LogP contribution < -0.4 is 0 Å². The van der Waals surface area contributed by atoms with E-state index < -0.39 is 8.32 Å². The van der Waals surface area contributed by atoms with Crippen molar-refractivity contribution >= 4 is 8.32 Å². The van der Waals surface area contributed by atoms with E-state index >= 15 is 0 Å². The van der Waals surface area contributed by atoms with Crippen LogP contribution in [0.3, 0.4) is 0 Å². The van der Waals surface area contributed by atoms with Gasteiger partial charge in [0.15, 0.2) is 8.32 Å². The maximum Gasteiger partial charge on any atom is 0.185 e. The highest BCUT2D eigenvalue weighted by molar-refractivity contribution is 6.69. The molecule has 0 aliphatic carbocycles. The van der Waals surface area contributed by atoms with E-state index in [0.29, 0.717) is 5.92 Å². The van der Waals surface area contributed by atoms with Crippen LogP contribution in [0, 0.1) is 18.3 Å². The number of hydrogen-bond acceptors (Lipinski definition) is 1. The Morgan fingerprint density at radius 2 is 1.93 bits per heavy atom. The summed E-state index contributed by atoms with van der Waals surface area (Å²) < 4.78 is 5.95. The molecule has 1 nitrogen and oxygen atoms in total. The predicted molar refractivity (Wildman–Crippen MR) is 65.7 cm³/mol. The van der Waals surface area contributed by atoms with Crippen LogP contribution >= 0.6 is 0 Å². The number of hydrogen-bond donors (Lipinski definition) is 0. The molecule has 0 bridgehead atoms. The molecule has 0 aliphatic heterocycles. The van der Waals surface area contributed by atoms with Crippen LogP contribution in [0.4, 0.5) is 0 Å². The van der Waals surface area contributed by atoms with Gasteiger partial charge in [0.05, 0.1) is 0 Å². The van der Waals surface area contributed by atoms with E-state index in [2.05, 4.69) is 39.4 Å². The topological polar surface area (TPSA) is 9.23 Å². The van der Waals surface area contributed by atoms with E-state index in [-0.39, 0.29) is 6.10 Å². The first-order valence-corrected chi connectivity index (χ1v) is 8.95. The maximum absolute atomic E-state index is 5.95. The van der Waals surface area contributed by atoms with Crippen LogP contribution in [0.25, 0.3) is 0 Å². The van der Waals surface area contributed by atoms with Gasteiger partial charge in [-0.25, -0.2) is 0 Å². The Balaban J connectivity index is 4.08. The summed E-state index contributed by atoms with van der Waals surface area (Å²) in [5.41, 5.74) is 0. The molecule has 0 aromatic rings. The van der Waals surface area contributed by atoms with Gasteiger partial charge in [-0.05, 0) is 32.0 Å². The molecule has 0 heterocycles. The Morgan fingerprint density at radius 3 is 2.29 bits per heavy atom. The Morgan fingerprint density at radius 1 is 1.36 bits per heavy atom. The second-order valence-electron chi connectivity index (χ2n) is 4.94. The van der Waals surface area contributed by atoms with Crippen LogP contribution in [0.5, 0.6) is 0 Å². The number of terminal acetylenes is 1. The van der Waals surface area contributed by atoms with Gasteiger partial charge in [-0.3, -0.25) is 0 Å². The minimum absolute atomic E-state index is 0.0215. The van der Waals surface area contributed by atoms with E-state index in [4.69, 9.17) is 10.8 Å². The summed E-state index contributed by atoms with van der Waals surface area (Å²) >= 11 is 0. The van der Waals surface area contributed by atoms with Gasteiger partial charge in [-0.15, -0.1) is 6.42 Å². The fourth-order valence-corrected chi connectivity index (χ4v) is 2.43. The zero-order valence-corrected chi connectivity index (χ0v) is 11.3. The highest BCUT2D eigenvalue weighted by atomic mass is 28.4. The molecule has 0 aromatic carbocycles. The molecule has 0 saturated heterocycles. The van der Waals surface area contributed by atoms with Crippen molar-refractivity contribution in [3.63, 3.8) is 0 Å². The summed E-state index contributed by atoms with van der Waals surface area (Å²) in [6.07, 6.45) is 9.17.